The van der Waals surface area contributed by atoms with Crippen LogP contribution in [0.5, 0.6) is 0 Å². The Morgan fingerprint density at radius 3 is 2.77 bits per heavy atom. The highest BCUT2D eigenvalue weighted by Gasteiger charge is 2.32. The van der Waals surface area contributed by atoms with Gasteiger partial charge in [0, 0.05) is 68.1 Å². The number of hydrogen-bond acceptors (Lipinski definition) is 4. The maximum absolute atomic E-state index is 15.1. The molecule has 1 aromatic carbocycles. The molecule has 4 aromatic rings. The number of ketones is 1. The van der Waals surface area contributed by atoms with E-state index >= 15 is 4.39 Å². The number of imidazole rings is 1. The van der Waals surface area contributed by atoms with Crippen LogP contribution in [0.4, 0.5) is 9.18 Å². The van der Waals surface area contributed by atoms with E-state index in [-0.39, 0.29) is 17.6 Å². The molecule has 1 saturated heterocycles. The topological polar surface area (TPSA) is 74.9 Å². The van der Waals surface area contributed by atoms with Gasteiger partial charge in [0.15, 0.2) is 5.78 Å². The van der Waals surface area contributed by atoms with E-state index in [9.17, 15) is 9.59 Å². The monoisotopic (exact) mass is 540 g/mol. The SMILES string of the molecule is CNCC1CCN(C(=O)N2CCn3cc(C4=C(c5cnc6ccccn56)C(=O)CC4)c4cc(F)cc(c43)C2)CC1. The number of nitrogens with one attached hydrogen (secondary N) is 1. The number of fused-ring (bicyclic) bond motifs is 1. The van der Waals surface area contributed by atoms with Crippen molar-refractivity contribution in [1.29, 1.82) is 0 Å². The lowest BCUT2D eigenvalue weighted by Gasteiger charge is -2.35. The molecular formula is C31H33FN6O2. The molecule has 0 saturated carbocycles. The number of likely N-dealkylation sites (tertiary alicyclic amines) is 1. The smallest absolute Gasteiger partial charge is 0.320 e. The Morgan fingerprint density at radius 1 is 1.10 bits per heavy atom. The average Bonchev–Trinajstić information content (AvgIpc) is 3.62. The van der Waals surface area contributed by atoms with Crippen LogP contribution in [0.1, 0.15) is 42.5 Å². The Kier molecular flexibility index (Phi) is 6.19. The molecule has 0 atom stereocenters. The fourth-order valence-electron chi connectivity index (χ4n) is 6.86. The van der Waals surface area contributed by atoms with Crippen LogP contribution in [-0.4, -0.2) is 68.8 Å². The number of carbonyl (C=O) groups is 2. The lowest BCUT2D eigenvalue weighted by molar-refractivity contribution is -0.113. The van der Waals surface area contributed by atoms with Crippen molar-refractivity contribution in [3.63, 3.8) is 0 Å². The zero-order chi connectivity index (χ0) is 27.4. The van der Waals surface area contributed by atoms with E-state index in [1.165, 1.54) is 0 Å². The zero-order valence-electron chi connectivity index (χ0n) is 22.7. The summed E-state index contributed by atoms with van der Waals surface area (Å²) in [6.45, 7) is 4.02. The van der Waals surface area contributed by atoms with Gasteiger partial charge in [-0.15, -0.1) is 0 Å². The van der Waals surface area contributed by atoms with Crippen molar-refractivity contribution in [2.75, 3.05) is 33.2 Å². The number of piperidine rings is 1. The van der Waals surface area contributed by atoms with E-state index in [1.54, 1.807) is 18.3 Å². The number of hydrogen-bond donors (Lipinski definition) is 1. The van der Waals surface area contributed by atoms with Gasteiger partial charge in [-0.25, -0.2) is 14.2 Å². The minimum Gasteiger partial charge on any atom is -0.345 e. The number of nitrogens with zero attached hydrogens (tertiary/aromatic N) is 5. The zero-order valence-corrected chi connectivity index (χ0v) is 22.7. The normalized spacial score (nSPS) is 18.4. The Morgan fingerprint density at radius 2 is 1.95 bits per heavy atom. The van der Waals surface area contributed by atoms with Crippen LogP contribution in [0.25, 0.3) is 27.7 Å². The minimum atomic E-state index is -0.329. The number of carbonyl (C=O) groups excluding carboxylic acids is 2. The highest BCUT2D eigenvalue weighted by molar-refractivity contribution is 6.31. The summed E-state index contributed by atoms with van der Waals surface area (Å²) >= 11 is 0. The van der Waals surface area contributed by atoms with E-state index in [2.05, 4.69) is 21.1 Å². The number of Topliss-reactive ketones (excluding diaryl/α,β-unsaturated/α-hetero) is 1. The quantitative estimate of drug-likeness (QED) is 0.412. The van der Waals surface area contributed by atoms with E-state index < -0.39 is 0 Å². The molecule has 0 radical (unpaired) electrons. The van der Waals surface area contributed by atoms with Gasteiger partial charge in [-0.05, 0) is 74.2 Å². The summed E-state index contributed by atoms with van der Waals surface area (Å²) in [6, 6.07) is 8.94. The summed E-state index contributed by atoms with van der Waals surface area (Å²) < 4.78 is 19.2. The van der Waals surface area contributed by atoms with Crippen molar-refractivity contribution in [3.8, 4) is 0 Å². The van der Waals surface area contributed by atoms with Gasteiger partial charge < -0.3 is 19.7 Å². The number of rotatable bonds is 4. The van der Waals surface area contributed by atoms with Crippen LogP contribution in [0.3, 0.4) is 0 Å². The summed E-state index contributed by atoms with van der Waals surface area (Å²) in [5, 5.41) is 4.04. The Hall–Kier alpha value is -3.98. The van der Waals surface area contributed by atoms with Gasteiger partial charge in [0.2, 0.25) is 0 Å². The maximum Gasteiger partial charge on any atom is 0.320 e. The summed E-state index contributed by atoms with van der Waals surface area (Å²) in [6.07, 6.45) is 8.75. The van der Waals surface area contributed by atoms with Crippen LogP contribution in [0.2, 0.25) is 0 Å². The van der Waals surface area contributed by atoms with Gasteiger partial charge in [0.05, 0.1) is 17.4 Å². The predicted octanol–water partition coefficient (Wildman–Crippen LogP) is 4.57. The molecule has 206 valence electrons. The van der Waals surface area contributed by atoms with Gasteiger partial charge in [-0.2, -0.15) is 0 Å². The molecule has 5 heterocycles. The standard InChI is InChI=1S/C31H33FN6O2/c1-33-16-20-7-10-35(11-8-20)31(40)37-13-12-36-19-25(24-15-22(32)14-21(18-37)30(24)36)23-5-6-27(39)29(23)26-17-34-28-4-2-3-9-38(26)28/h2-4,9,14-15,17,19-20,33H,5-8,10-13,16,18H2,1H3. The molecular weight excluding hydrogens is 507 g/mol. The first-order chi connectivity index (χ1) is 19.5. The van der Waals surface area contributed by atoms with Crippen LogP contribution < -0.4 is 5.32 Å². The van der Waals surface area contributed by atoms with E-state index in [0.29, 0.717) is 44.0 Å². The molecule has 9 heteroatoms. The van der Waals surface area contributed by atoms with Crippen LogP contribution in [0.15, 0.2) is 48.9 Å². The van der Waals surface area contributed by atoms with E-state index in [1.807, 2.05) is 45.6 Å². The Bertz CT molecular complexity index is 1680. The van der Waals surface area contributed by atoms with Gasteiger partial charge in [0.25, 0.3) is 0 Å². The number of halogens is 1. The Balaban J connectivity index is 1.25. The molecule has 40 heavy (non-hydrogen) atoms. The summed E-state index contributed by atoms with van der Waals surface area (Å²) in [5.41, 5.74) is 5.81. The summed E-state index contributed by atoms with van der Waals surface area (Å²) in [5.74, 6) is 0.355. The van der Waals surface area contributed by atoms with Gasteiger partial charge >= 0.3 is 6.03 Å². The lowest BCUT2D eigenvalue weighted by atomic mass is 9.97. The molecule has 2 amide bonds. The van der Waals surface area contributed by atoms with Crippen molar-refractivity contribution in [2.24, 2.45) is 5.92 Å². The van der Waals surface area contributed by atoms with Crippen molar-refractivity contribution >= 4 is 39.5 Å². The van der Waals surface area contributed by atoms with Gasteiger partial charge in [-0.1, -0.05) is 6.07 Å². The third kappa shape index (κ3) is 4.11. The van der Waals surface area contributed by atoms with E-state index in [0.717, 1.165) is 71.4 Å². The first-order valence-electron chi connectivity index (χ1n) is 14.2. The third-order valence-corrected chi connectivity index (χ3v) is 8.82. The molecule has 2 aliphatic heterocycles. The molecule has 1 aliphatic carbocycles. The van der Waals surface area contributed by atoms with Crippen molar-refractivity contribution in [3.05, 3.63) is 71.6 Å². The highest BCUT2D eigenvalue weighted by Crippen LogP contribution is 2.42. The predicted molar refractivity (Wildman–Crippen MR) is 152 cm³/mol. The molecule has 1 fully saturated rings. The largest absolute Gasteiger partial charge is 0.345 e. The number of pyridine rings is 1. The molecule has 7 rings (SSSR count). The molecule has 0 bridgehead atoms. The molecule has 0 spiro atoms. The van der Waals surface area contributed by atoms with Crippen LogP contribution >= 0.6 is 0 Å². The van der Waals surface area contributed by atoms with Crippen molar-refractivity contribution in [1.82, 2.24) is 29.1 Å². The Labute approximate surface area is 232 Å². The fraction of sp³-hybridized carbons (Fsp3) is 0.387. The molecule has 3 aromatic heterocycles. The van der Waals surface area contributed by atoms with Crippen LogP contribution in [-0.2, 0) is 17.9 Å². The molecule has 3 aliphatic rings. The van der Waals surface area contributed by atoms with Crippen molar-refractivity contribution < 1.29 is 14.0 Å². The minimum absolute atomic E-state index is 0.0327. The van der Waals surface area contributed by atoms with Gasteiger partial charge in [0.1, 0.15) is 11.5 Å². The van der Waals surface area contributed by atoms with Crippen LogP contribution in [0, 0.1) is 11.7 Å². The fourth-order valence-corrected chi connectivity index (χ4v) is 6.86. The maximum atomic E-state index is 15.1. The molecule has 8 nitrogen and oxygen atoms in total. The second-order valence-electron chi connectivity index (χ2n) is 11.2. The third-order valence-electron chi connectivity index (χ3n) is 8.82. The first-order valence-corrected chi connectivity index (χ1v) is 14.2. The first kappa shape index (κ1) is 25.0. The summed E-state index contributed by atoms with van der Waals surface area (Å²) in [4.78, 5) is 35.0. The second kappa shape index (κ2) is 9.89. The summed E-state index contributed by atoms with van der Waals surface area (Å²) in [7, 11) is 1.97. The number of amides is 2. The number of aromatic nitrogens is 3. The van der Waals surface area contributed by atoms with E-state index in [4.69, 9.17) is 0 Å². The van der Waals surface area contributed by atoms with Crippen molar-refractivity contribution in [2.45, 2.75) is 38.8 Å². The second-order valence-corrected chi connectivity index (χ2v) is 11.2. The molecule has 1 N–H and O–H groups in total. The molecule has 0 unspecified atom stereocenters. The number of urea groups is 1. The average molecular weight is 541 g/mol. The number of benzene rings is 1. The highest BCUT2D eigenvalue weighted by atomic mass is 19.1. The lowest BCUT2D eigenvalue weighted by Crippen LogP contribution is -2.47. The van der Waals surface area contributed by atoms with Gasteiger partial charge in [-0.3, -0.25) is 9.20 Å². The number of allylic oxidation sites excluding steroid dienone is 2.